The highest BCUT2D eigenvalue weighted by molar-refractivity contribution is 7.89. The minimum absolute atomic E-state index is 0.0745. The van der Waals surface area contributed by atoms with Crippen LogP contribution >= 0.6 is 0 Å². The number of hydrogen-bond donors (Lipinski definition) is 1. The van der Waals surface area contributed by atoms with Gasteiger partial charge in [-0.3, -0.25) is 0 Å². The first-order chi connectivity index (χ1) is 18.5. The number of aliphatic hydroxyl groups is 1. The fourth-order valence-electron chi connectivity index (χ4n) is 5.00. The second kappa shape index (κ2) is 15.8. The molecule has 2 aromatic carbocycles. The maximum absolute atomic E-state index is 13.4. The smallest absolute Gasteiger partial charge is 0.243 e. The van der Waals surface area contributed by atoms with Gasteiger partial charge in [-0.2, -0.15) is 0 Å². The van der Waals surface area contributed by atoms with Gasteiger partial charge in [0.15, 0.2) is 0 Å². The Bertz CT molecular complexity index is 1200. The van der Waals surface area contributed by atoms with Crippen molar-refractivity contribution >= 4 is 20.9 Å². The minimum Gasteiger partial charge on any atom is -0.497 e. The van der Waals surface area contributed by atoms with Crippen LogP contribution in [0, 0.1) is 0 Å². The molecule has 6 nitrogen and oxygen atoms in total. The molecule has 1 aromatic heterocycles. The van der Waals surface area contributed by atoms with E-state index in [1.807, 2.05) is 24.4 Å². The monoisotopic (exact) mass is 543 g/mol. The van der Waals surface area contributed by atoms with Crippen LogP contribution in [0.2, 0.25) is 0 Å². The van der Waals surface area contributed by atoms with E-state index in [0.717, 1.165) is 54.4 Å². The fourth-order valence-corrected chi connectivity index (χ4v) is 6.50. The molecule has 0 aliphatic rings. The molecule has 1 heterocycles. The number of hydrogen-bond acceptors (Lipinski definition) is 5. The number of benzene rings is 2. The lowest BCUT2D eigenvalue weighted by Gasteiger charge is -2.09. The van der Waals surface area contributed by atoms with E-state index in [4.69, 9.17) is 14.6 Å². The predicted octanol–water partition coefficient (Wildman–Crippen LogP) is 7.25. The SMILES string of the molecule is COc1ccc(CS(=O)(=O)n2cc(CCCCCCCCCCCCCCO)c3cc(OC)ccc32)cc1. The molecule has 7 heteroatoms. The van der Waals surface area contributed by atoms with Crippen molar-refractivity contribution in [1.82, 2.24) is 3.97 Å². The molecule has 38 heavy (non-hydrogen) atoms. The lowest BCUT2D eigenvalue weighted by atomic mass is 10.0. The molecule has 0 aliphatic heterocycles. The first-order valence-electron chi connectivity index (χ1n) is 14.1. The van der Waals surface area contributed by atoms with E-state index < -0.39 is 10.0 Å². The van der Waals surface area contributed by atoms with Gasteiger partial charge in [0, 0.05) is 18.2 Å². The highest BCUT2D eigenvalue weighted by Gasteiger charge is 2.20. The maximum Gasteiger partial charge on any atom is 0.243 e. The zero-order valence-electron chi connectivity index (χ0n) is 23.2. The van der Waals surface area contributed by atoms with Crippen LogP contribution in [0.25, 0.3) is 10.9 Å². The average molecular weight is 544 g/mol. The first-order valence-corrected chi connectivity index (χ1v) is 15.7. The fraction of sp³-hybridized carbons (Fsp3) is 0.548. The Balaban J connectivity index is 1.53. The third kappa shape index (κ3) is 9.05. The van der Waals surface area contributed by atoms with Crippen molar-refractivity contribution in [3.8, 4) is 11.5 Å². The molecule has 3 rings (SSSR count). The molecule has 3 aromatic rings. The predicted molar refractivity (Wildman–Crippen MR) is 156 cm³/mol. The topological polar surface area (TPSA) is 77.8 Å². The third-order valence-corrected chi connectivity index (χ3v) is 8.82. The lowest BCUT2D eigenvalue weighted by Crippen LogP contribution is -2.14. The summed E-state index contributed by atoms with van der Waals surface area (Å²) in [6.45, 7) is 0.319. The molecule has 210 valence electrons. The van der Waals surface area contributed by atoms with Crippen LogP contribution in [0.15, 0.2) is 48.7 Å². The molecular formula is C31H45NO5S. The van der Waals surface area contributed by atoms with Crippen molar-refractivity contribution in [2.24, 2.45) is 0 Å². The van der Waals surface area contributed by atoms with Gasteiger partial charge >= 0.3 is 0 Å². The number of methoxy groups -OCH3 is 2. The van der Waals surface area contributed by atoms with Gasteiger partial charge in [0.2, 0.25) is 10.0 Å². The van der Waals surface area contributed by atoms with Crippen LogP contribution < -0.4 is 9.47 Å². The van der Waals surface area contributed by atoms with Gasteiger partial charge in [-0.25, -0.2) is 12.4 Å². The molecule has 0 bridgehead atoms. The van der Waals surface area contributed by atoms with Crippen molar-refractivity contribution in [1.29, 1.82) is 0 Å². The number of aliphatic hydroxyl groups excluding tert-OH is 1. The number of aromatic nitrogens is 1. The normalized spacial score (nSPS) is 11.8. The summed E-state index contributed by atoms with van der Waals surface area (Å²) in [7, 11) is -0.361. The van der Waals surface area contributed by atoms with Gasteiger partial charge < -0.3 is 14.6 Å². The summed E-state index contributed by atoms with van der Waals surface area (Å²) in [6.07, 6.45) is 17.2. The van der Waals surface area contributed by atoms with E-state index in [9.17, 15) is 8.42 Å². The first kappa shape index (κ1) is 30.0. The van der Waals surface area contributed by atoms with Gasteiger partial charge in [0.05, 0.1) is 25.5 Å². The quantitative estimate of drug-likeness (QED) is 0.161. The maximum atomic E-state index is 13.4. The van der Waals surface area contributed by atoms with E-state index in [-0.39, 0.29) is 5.75 Å². The van der Waals surface area contributed by atoms with Crippen LogP contribution in [0.4, 0.5) is 0 Å². The average Bonchev–Trinajstić information content (AvgIpc) is 3.30. The van der Waals surface area contributed by atoms with Crippen LogP contribution in [0.5, 0.6) is 11.5 Å². The summed E-state index contributed by atoms with van der Waals surface area (Å²) < 4.78 is 38.9. The molecule has 0 radical (unpaired) electrons. The van der Waals surface area contributed by atoms with Crippen LogP contribution in [-0.4, -0.2) is 38.3 Å². The number of nitrogens with zero attached hydrogens (tertiary/aromatic N) is 1. The van der Waals surface area contributed by atoms with E-state index in [1.165, 1.54) is 55.3 Å². The summed E-state index contributed by atoms with van der Waals surface area (Å²) in [6, 6.07) is 12.8. The molecule has 0 fully saturated rings. The molecule has 0 atom stereocenters. The van der Waals surface area contributed by atoms with Gasteiger partial charge in [0.1, 0.15) is 11.5 Å². The lowest BCUT2D eigenvalue weighted by molar-refractivity contribution is 0.282. The number of fused-ring (bicyclic) bond motifs is 1. The van der Waals surface area contributed by atoms with Crippen molar-refractivity contribution in [3.05, 3.63) is 59.8 Å². The second-order valence-corrected chi connectivity index (χ2v) is 12.0. The zero-order valence-corrected chi connectivity index (χ0v) is 24.0. The Kier molecular flexibility index (Phi) is 12.5. The number of ether oxygens (including phenoxy) is 2. The Morgan fingerprint density at radius 2 is 1.24 bits per heavy atom. The number of rotatable bonds is 19. The van der Waals surface area contributed by atoms with Gasteiger partial charge in [-0.05, 0) is 60.7 Å². The van der Waals surface area contributed by atoms with E-state index in [2.05, 4.69) is 0 Å². The molecule has 1 N–H and O–H groups in total. The Hall–Kier alpha value is -2.51. The van der Waals surface area contributed by atoms with Crippen molar-refractivity contribution < 1.29 is 23.0 Å². The van der Waals surface area contributed by atoms with E-state index in [0.29, 0.717) is 17.9 Å². The molecule has 0 amide bonds. The number of unbranched alkanes of at least 4 members (excludes halogenated alkanes) is 11. The molecule has 0 saturated carbocycles. The zero-order chi connectivity index (χ0) is 27.2. The van der Waals surface area contributed by atoms with E-state index in [1.54, 1.807) is 38.5 Å². The summed E-state index contributed by atoms with van der Waals surface area (Å²) in [5.74, 6) is 1.37. The molecule has 0 saturated heterocycles. The van der Waals surface area contributed by atoms with Crippen LogP contribution in [0.1, 0.15) is 88.2 Å². The summed E-state index contributed by atoms with van der Waals surface area (Å²) >= 11 is 0. The second-order valence-electron chi connectivity index (χ2n) is 10.2. The summed E-state index contributed by atoms with van der Waals surface area (Å²) in [4.78, 5) is 0. The van der Waals surface area contributed by atoms with Crippen LogP contribution in [-0.2, 0) is 22.2 Å². The molecular weight excluding hydrogens is 498 g/mol. The van der Waals surface area contributed by atoms with Crippen molar-refractivity contribution in [2.45, 2.75) is 89.2 Å². The van der Waals surface area contributed by atoms with Crippen molar-refractivity contribution in [3.63, 3.8) is 0 Å². The minimum atomic E-state index is -3.59. The van der Waals surface area contributed by atoms with Gasteiger partial charge in [0.25, 0.3) is 0 Å². The highest BCUT2D eigenvalue weighted by atomic mass is 32.2. The van der Waals surface area contributed by atoms with E-state index >= 15 is 0 Å². The van der Waals surface area contributed by atoms with Gasteiger partial charge in [-0.1, -0.05) is 76.3 Å². The number of aryl methyl sites for hydroxylation is 1. The van der Waals surface area contributed by atoms with Crippen molar-refractivity contribution in [2.75, 3.05) is 20.8 Å². The molecule has 0 spiro atoms. The standard InChI is InChI=1S/C31H45NO5S/c1-36-28-18-16-26(17-19-28)25-38(34,35)32-24-27(30-23-29(37-2)20-21-31(30)32)15-13-11-9-7-5-3-4-6-8-10-12-14-22-33/h16-21,23-24,33H,3-15,22,25H2,1-2H3. The summed E-state index contributed by atoms with van der Waals surface area (Å²) in [5.41, 5.74) is 2.48. The van der Waals surface area contributed by atoms with Gasteiger partial charge in [-0.15, -0.1) is 0 Å². The summed E-state index contributed by atoms with van der Waals surface area (Å²) in [5, 5.41) is 9.77. The molecule has 0 aliphatic carbocycles. The Morgan fingerprint density at radius 1 is 0.711 bits per heavy atom. The molecule has 0 unspecified atom stereocenters. The third-order valence-electron chi connectivity index (χ3n) is 7.22. The van der Waals surface area contributed by atoms with Crippen LogP contribution in [0.3, 0.4) is 0 Å². The highest BCUT2D eigenvalue weighted by Crippen LogP contribution is 2.30. The Morgan fingerprint density at radius 3 is 1.79 bits per heavy atom. The largest absolute Gasteiger partial charge is 0.497 e. The Labute approximate surface area is 229 Å².